The van der Waals surface area contributed by atoms with E-state index in [1.165, 1.54) is 11.3 Å². The quantitative estimate of drug-likeness (QED) is 0.820. The van der Waals surface area contributed by atoms with E-state index in [9.17, 15) is 5.11 Å². The molecule has 0 aliphatic carbocycles. The summed E-state index contributed by atoms with van der Waals surface area (Å²) < 4.78 is 5.07. The molecule has 0 saturated heterocycles. The van der Waals surface area contributed by atoms with Crippen molar-refractivity contribution in [3.05, 3.63) is 21.3 Å². The van der Waals surface area contributed by atoms with Crippen LogP contribution in [0, 0.1) is 0 Å². The highest BCUT2D eigenvalue weighted by molar-refractivity contribution is 7.10. The molecule has 1 atom stereocenters. The Morgan fingerprint density at radius 3 is 3.00 bits per heavy atom. The lowest BCUT2D eigenvalue weighted by atomic mass is 10.3. The molecular weight excluding hydrogens is 196 g/mol. The van der Waals surface area contributed by atoms with Crippen molar-refractivity contribution < 1.29 is 9.84 Å². The van der Waals surface area contributed by atoms with E-state index >= 15 is 0 Å². The van der Waals surface area contributed by atoms with Gasteiger partial charge in [0.25, 0.3) is 0 Å². The average Bonchev–Trinajstić information content (AvgIpc) is 2.47. The number of ether oxygens (including phenoxy) is 1. The van der Waals surface area contributed by atoms with Gasteiger partial charge < -0.3 is 9.84 Å². The molecular formula is C8H11ClO2S. The lowest BCUT2D eigenvalue weighted by molar-refractivity contribution is 0.0439. The highest BCUT2D eigenvalue weighted by Crippen LogP contribution is 2.25. The molecule has 1 N–H and O–H groups in total. The third-order valence-electron chi connectivity index (χ3n) is 1.40. The summed E-state index contributed by atoms with van der Waals surface area (Å²) >= 11 is 7.14. The molecule has 1 aromatic rings. The van der Waals surface area contributed by atoms with Gasteiger partial charge in [0.15, 0.2) is 0 Å². The molecule has 1 heterocycles. The topological polar surface area (TPSA) is 29.5 Å². The first-order chi connectivity index (χ1) is 5.74. The van der Waals surface area contributed by atoms with Crippen LogP contribution in [0.3, 0.4) is 0 Å². The molecule has 2 nitrogen and oxygen atoms in total. The Balaban J connectivity index is 2.47. The third kappa shape index (κ3) is 2.75. The van der Waals surface area contributed by atoms with Crippen LogP contribution in [0.25, 0.3) is 0 Å². The minimum absolute atomic E-state index is 0.341. The van der Waals surface area contributed by atoms with E-state index < -0.39 is 6.10 Å². The first kappa shape index (κ1) is 9.99. The van der Waals surface area contributed by atoms with Gasteiger partial charge in [-0.3, -0.25) is 0 Å². The van der Waals surface area contributed by atoms with E-state index in [4.69, 9.17) is 16.3 Å². The summed E-state index contributed by atoms with van der Waals surface area (Å²) in [5.74, 6) is 0. The molecule has 0 spiro atoms. The van der Waals surface area contributed by atoms with Crippen molar-refractivity contribution in [2.24, 2.45) is 0 Å². The summed E-state index contributed by atoms with van der Waals surface area (Å²) in [7, 11) is 0. The van der Waals surface area contributed by atoms with Gasteiger partial charge in [-0.2, -0.15) is 0 Å². The number of aliphatic hydroxyl groups excluding tert-OH is 1. The lowest BCUT2D eigenvalue weighted by Crippen LogP contribution is -2.04. The Kier molecular flexibility index (Phi) is 4.01. The highest BCUT2D eigenvalue weighted by atomic mass is 35.5. The van der Waals surface area contributed by atoms with E-state index in [1.54, 1.807) is 11.4 Å². The van der Waals surface area contributed by atoms with Crippen molar-refractivity contribution in [1.82, 2.24) is 0 Å². The smallest absolute Gasteiger partial charge is 0.111 e. The normalized spacial score (nSPS) is 13.2. The molecule has 4 heteroatoms. The van der Waals surface area contributed by atoms with Crippen molar-refractivity contribution in [2.75, 3.05) is 13.2 Å². The zero-order chi connectivity index (χ0) is 8.97. The number of thiophene rings is 1. The van der Waals surface area contributed by atoms with Crippen LogP contribution in [-0.4, -0.2) is 18.3 Å². The molecule has 1 aromatic heterocycles. The fourth-order valence-corrected chi connectivity index (χ4v) is 1.87. The number of halogens is 1. The molecule has 0 saturated carbocycles. The van der Waals surface area contributed by atoms with Gasteiger partial charge in [0.05, 0.1) is 11.6 Å². The van der Waals surface area contributed by atoms with Gasteiger partial charge in [0, 0.05) is 16.9 Å². The van der Waals surface area contributed by atoms with Crippen molar-refractivity contribution in [3.63, 3.8) is 0 Å². The molecule has 0 radical (unpaired) electrons. The zero-order valence-electron chi connectivity index (χ0n) is 6.79. The fourth-order valence-electron chi connectivity index (χ4n) is 0.815. The van der Waals surface area contributed by atoms with Gasteiger partial charge in [0.1, 0.15) is 6.10 Å². The first-order valence-corrected chi connectivity index (χ1v) is 4.99. The second kappa shape index (κ2) is 4.82. The summed E-state index contributed by atoms with van der Waals surface area (Å²) in [6.07, 6.45) is -0.539. The van der Waals surface area contributed by atoms with E-state index in [2.05, 4.69) is 0 Å². The van der Waals surface area contributed by atoms with E-state index in [0.717, 1.165) is 4.88 Å². The minimum Gasteiger partial charge on any atom is -0.385 e. The maximum atomic E-state index is 9.49. The molecule has 0 aliphatic heterocycles. The first-order valence-electron chi connectivity index (χ1n) is 3.73. The van der Waals surface area contributed by atoms with Gasteiger partial charge in [-0.05, 0) is 13.0 Å². The Morgan fingerprint density at radius 2 is 2.50 bits per heavy atom. The predicted octanol–water partition coefficient (Wildman–Crippen LogP) is 2.47. The van der Waals surface area contributed by atoms with Crippen LogP contribution in [0.4, 0.5) is 0 Å². The van der Waals surface area contributed by atoms with E-state index in [1.807, 2.05) is 6.92 Å². The SMILES string of the molecule is CCOCC(O)c1cc(Cl)cs1. The summed E-state index contributed by atoms with van der Waals surface area (Å²) in [5.41, 5.74) is 0. The van der Waals surface area contributed by atoms with Crippen molar-refractivity contribution in [1.29, 1.82) is 0 Å². The van der Waals surface area contributed by atoms with Crippen molar-refractivity contribution in [2.45, 2.75) is 13.0 Å². The molecule has 1 unspecified atom stereocenters. The van der Waals surface area contributed by atoms with Crippen LogP contribution in [0.1, 0.15) is 17.9 Å². The Bertz CT molecular complexity index is 237. The maximum absolute atomic E-state index is 9.49. The Hall–Kier alpha value is -0.0900. The fraction of sp³-hybridized carbons (Fsp3) is 0.500. The number of hydrogen-bond donors (Lipinski definition) is 1. The van der Waals surface area contributed by atoms with Crippen LogP contribution in [0.5, 0.6) is 0 Å². The van der Waals surface area contributed by atoms with Crippen LogP contribution in [0.2, 0.25) is 5.02 Å². The van der Waals surface area contributed by atoms with Crippen LogP contribution < -0.4 is 0 Å². The van der Waals surface area contributed by atoms with Gasteiger partial charge in [-0.25, -0.2) is 0 Å². The molecule has 1 rings (SSSR count). The molecule has 0 bridgehead atoms. The highest BCUT2D eigenvalue weighted by Gasteiger charge is 2.09. The lowest BCUT2D eigenvalue weighted by Gasteiger charge is -2.06. The summed E-state index contributed by atoms with van der Waals surface area (Å²) in [6, 6.07) is 1.76. The second-order valence-electron chi connectivity index (χ2n) is 2.34. The van der Waals surface area contributed by atoms with Crippen LogP contribution in [-0.2, 0) is 4.74 Å². The standard InChI is InChI=1S/C8H11ClO2S/c1-2-11-4-7(10)8-3-6(9)5-12-8/h3,5,7,10H,2,4H2,1H3. The van der Waals surface area contributed by atoms with E-state index in [-0.39, 0.29) is 0 Å². The second-order valence-corrected chi connectivity index (χ2v) is 3.72. The van der Waals surface area contributed by atoms with Crippen molar-refractivity contribution in [3.8, 4) is 0 Å². The summed E-state index contributed by atoms with van der Waals surface area (Å²) in [6.45, 7) is 2.86. The summed E-state index contributed by atoms with van der Waals surface area (Å²) in [4.78, 5) is 0.855. The van der Waals surface area contributed by atoms with Crippen molar-refractivity contribution >= 4 is 22.9 Å². The molecule has 0 aromatic carbocycles. The van der Waals surface area contributed by atoms with Crippen LogP contribution in [0.15, 0.2) is 11.4 Å². The Labute approximate surface area is 80.7 Å². The Morgan fingerprint density at radius 1 is 1.75 bits per heavy atom. The molecule has 0 amide bonds. The monoisotopic (exact) mass is 206 g/mol. The number of hydrogen-bond acceptors (Lipinski definition) is 3. The van der Waals surface area contributed by atoms with Gasteiger partial charge >= 0.3 is 0 Å². The van der Waals surface area contributed by atoms with Crippen LogP contribution >= 0.6 is 22.9 Å². The molecule has 0 fully saturated rings. The number of rotatable bonds is 4. The van der Waals surface area contributed by atoms with Gasteiger partial charge in [0.2, 0.25) is 0 Å². The zero-order valence-corrected chi connectivity index (χ0v) is 8.36. The number of aliphatic hydroxyl groups is 1. The maximum Gasteiger partial charge on any atom is 0.111 e. The largest absolute Gasteiger partial charge is 0.385 e. The minimum atomic E-state index is -0.539. The van der Waals surface area contributed by atoms with Gasteiger partial charge in [-0.1, -0.05) is 11.6 Å². The molecule has 68 valence electrons. The molecule has 12 heavy (non-hydrogen) atoms. The molecule has 0 aliphatic rings. The van der Waals surface area contributed by atoms with Gasteiger partial charge in [-0.15, -0.1) is 11.3 Å². The van der Waals surface area contributed by atoms with E-state index in [0.29, 0.717) is 18.2 Å². The predicted molar refractivity (Wildman–Crippen MR) is 50.8 cm³/mol. The third-order valence-corrected chi connectivity index (χ3v) is 2.78. The summed E-state index contributed by atoms with van der Waals surface area (Å²) in [5, 5.41) is 12.0. The average molecular weight is 207 g/mol.